The topological polar surface area (TPSA) is 78.9 Å². The van der Waals surface area contributed by atoms with Crippen LogP contribution in [-0.4, -0.2) is 37.2 Å². The Bertz CT molecular complexity index is 1590. The van der Waals surface area contributed by atoms with Crippen molar-refractivity contribution in [2.45, 2.75) is 322 Å². The first-order valence-electron chi connectivity index (χ1n) is 33.4. The highest BCUT2D eigenvalue weighted by Crippen LogP contribution is 2.16. The van der Waals surface area contributed by atoms with E-state index in [0.717, 1.165) is 135 Å². The lowest BCUT2D eigenvalue weighted by Crippen LogP contribution is -2.30. The maximum atomic E-state index is 12.9. The van der Waals surface area contributed by atoms with Crippen LogP contribution in [-0.2, 0) is 28.6 Å². The summed E-state index contributed by atoms with van der Waals surface area (Å²) in [6, 6.07) is 0. The molecule has 0 aromatic heterocycles. The van der Waals surface area contributed by atoms with Crippen LogP contribution >= 0.6 is 0 Å². The van der Waals surface area contributed by atoms with Gasteiger partial charge in [-0.2, -0.15) is 0 Å². The summed E-state index contributed by atoms with van der Waals surface area (Å²) in [5, 5.41) is 0. The number of hydrogen-bond acceptors (Lipinski definition) is 6. The standard InChI is InChI=1S/C73H124O6/c1-4-7-10-13-16-19-22-25-28-30-31-32-33-34-35-36-37-38-39-40-41-42-43-44-46-48-51-54-57-60-63-66-72(75)78-69-70(68-77-71(74)65-62-59-56-53-50-47-27-24-21-18-15-12-9-6-3)79-73(76)67-64-61-58-55-52-49-45-29-26-23-20-17-14-11-8-5-2/h7,10,16,19-20,23,25,28-29,31-32,34-35,37-38,40-41,45,70H,4-6,8-9,11-15,17-18,21-22,24,26-27,30,33,36,39,42-44,46-69H2,1-3H3/b10-7-,19-16-,23-20-,28-25-,32-31-,35-34-,38-37-,41-40-,45-29-. The fraction of sp³-hybridized carbons (Fsp3) is 0.712. The largest absolute Gasteiger partial charge is 0.462 e. The number of allylic oxidation sites excluding steroid dienone is 18. The van der Waals surface area contributed by atoms with Crippen LogP contribution in [0.3, 0.4) is 0 Å². The van der Waals surface area contributed by atoms with Crippen LogP contribution in [0.4, 0.5) is 0 Å². The first-order chi connectivity index (χ1) is 39.0. The van der Waals surface area contributed by atoms with Crippen molar-refractivity contribution in [3.05, 3.63) is 109 Å². The average molecular weight is 1100 g/mol. The van der Waals surface area contributed by atoms with Crippen LogP contribution in [0, 0.1) is 0 Å². The van der Waals surface area contributed by atoms with Crippen molar-refractivity contribution in [1.82, 2.24) is 0 Å². The summed E-state index contributed by atoms with van der Waals surface area (Å²) in [5.74, 6) is -0.892. The monoisotopic (exact) mass is 1100 g/mol. The van der Waals surface area contributed by atoms with Gasteiger partial charge in [-0.05, 0) is 109 Å². The fourth-order valence-corrected chi connectivity index (χ4v) is 9.28. The van der Waals surface area contributed by atoms with Gasteiger partial charge >= 0.3 is 17.9 Å². The molecular weight excluding hydrogens is 973 g/mol. The minimum absolute atomic E-state index is 0.0828. The second-order valence-corrected chi connectivity index (χ2v) is 22.0. The Morgan fingerprint density at radius 3 is 0.785 bits per heavy atom. The zero-order valence-corrected chi connectivity index (χ0v) is 51.9. The molecule has 0 fully saturated rings. The molecule has 0 saturated carbocycles. The van der Waals surface area contributed by atoms with Gasteiger partial charge in [0.15, 0.2) is 6.10 Å². The van der Waals surface area contributed by atoms with E-state index in [4.69, 9.17) is 14.2 Å². The molecule has 0 aromatic carbocycles. The smallest absolute Gasteiger partial charge is 0.306 e. The highest BCUT2D eigenvalue weighted by molar-refractivity contribution is 5.71. The third-order valence-electron chi connectivity index (χ3n) is 14.3. The molecule has 0 aliphatic rings. The summed E-state index contributed by atoms with van der Waals surface area (Å²) in [5.41, 5.74) is 0. The number of hydrogen-bond donors (Lipinski definition) is 0. The highest BCUT2D eigenvalue weighted by atomic mass is 16.6. The molecule has 0 heterocycles. The van der Waals surface area contributed by atoms with E-state index >= 15 is 0 Å². The van der Waals surface area contributed by atoms with Gasteiger partial charge in [0.05, 0.1) is 0 Å². The Hall–Kier alpha value is -3.93. The summed E-state index contributed by atoms with van der Waals surface area (Å²) in [4.78, 5) is 38.3. The maximum Gasteiger partial charge on any atom is 0.306 e. The lowest BCUT2D eigenvalue weighted by Gasteiger charge is -2.18. The molecule has 1 unspecified atom stereocenters. The van der Waals surface area contributed by atoms with Crippen LogP contribution < -0.4 is 0 Å². The molecule has 0 amide bonds. The summed E-state index contributed by atoms with van der Waals surface area (Å²) in [6.45, 7) is 6.52. The quantitative estimate of drug-likeness (QED) is 0.0261. The molecule has 0 aliphatic heterocycles. The predicted octanol–water partition coefficient (Wildman–Crippen LogP) is 23.0. The van der Waals surface area contributed by atoms with E-state index in [1.165, 1.54) is 141 Å². The molecule has 6 heteroatoms. The van der Waals surface area contributed by atoms with Crippen molar-refractivity contribution in [3.63, 3.8) is 0 Å². The van der Waals surface area contributed by atoms with Crippen LogP contribution in [0.5, 0.6) is 0 Å². The molecule has 1 atom stereocenters. The zero-order valence-electron chi connectivity index (χ0n) is 51.9. The molecule has 0 saturated heterocycles. The van der Waals surface area contributed by atoms with E-state index < -0.39 is 6.10 Å². The third-order valence-corrected chi connectivity index (χ3v) is 14.3. The predicted molar refractivity (Wildman–Crippen MR) is 343 cm³/mol. The molecular formula is C73H124O6. The van der Waals surface area contributed by atoms with E-state index in [1.807, 2.05) is 0 Å². The molecule has 0 bridgehead atoms. The van der Waals surface area contributed by atoms with Crippen LogP contribution in [0.15, 0.2) is 109 Å². The van der Waals surface area contributed by atoms with Crippen LogP contribution in [0.2, 0.25) is 0 Å². The zero-order chi connectivity index (χ0) is 57.1. The normalized spacial score (nSPS) is 12.8. The van der Waals surface area contributed by atoms with Crippen LogP contribution in [0.1, 0.15) is 316 Å². The van der Waals surface area contributed by atoms with Crippen molar-refractivity contribution < 1.29 is 28.6 Å². The van der Waals surface area contributed by atoms with E-state index in [0.29, 0.717) is 19.3 Å². The molecule has 0 N–H and O–H groups in total. The fourth-order valence-electron chi connectivity index (χ4n) is 9.28. The number of rotatable bonds is 60. The number of carbonyl (C=O) groups is 3. The Balaban J connectivity index is 4.29. The molecule has 0 spiro atoms. The summed E-state index contributed by atoms with van der Waals surface area (Å²) in [6.07, 6.45) is 90.9. The summed E-state index contributed by atoms with van der Waals surface area (Å²) >= 11 is 0. The first kappa shape index (κ1) is 75.1. The van der Waals surface area contributed by atoms with Crippen molar-refractivity contribution in [3.8, 4) is 0 Å². The highest BCUT2D eigenvalue weighted by Gasteiger charge is 2.19. The Morgan fingerprint density at radius 2 is 0.494 bits per heavy atom. The van der Waals surface area contributed by atoms with Gasteiger partial charge in [-0.1, -0.05) is 297 Å². The van der Waals surface area contributed by atoms with Crippen LogP contribution in [0.25, 0.3) is 0 Å². The van der Waals surface area contributed by atoms with Crippen molar-refractivity contribution >= 4 is 17.9 Å². The molecule has 0 radical (unpaired) electrons. The second-order valence-electron chi connectivity index (χ2n) is 22.0. The Kier molecular flexibility index (Phi) is 63.3. The van der Waals surface area contributed by atoms with E-state index in [9.17, 15) is 14.4 Å². The molecule has 0 aromatic rings. The van der Waals surface area contributed by atoms with Gasteiger partial charge in [-0.25, -0.2) is 0 Å². The van der Waals surface area contributed by atoms with Gasteiger partial charge in [-0.3, -0.25) is 14.4 Å². The molecule has 0 rings (SSSR count). The minimum Gasteiger partial charge on any atom is -0.462 e. The van der Waals surface area contributed by atoms with Gasteiger partial charge in [0.1, 0.15) is 13.2 Å². The SMILES string of the molecule is CC/C=C\C/C=C\C/C=C\C/C=C\C/C=C\C/C=C\C/C=C\CCCCCCCCCCCC(=O)OCC(COC(=O)CCCCCCCCCCCCCCCC)OC(=O)CCCCCCC/C=C\C/C=C\CCCCCC. The Labute approximate surface area is 489 Å². The van der Waals surface area contributed by atoms with Gasteiger partial charge in [0, 0.05) is 19.3 Å². The number of carbonyl (C=O) groups excluding carboxylic acids is 3. The first-order valence-corrected chi connectivity index (χ1v) is 33.4. The molecule has 452 valence electrons. The van der Waals surface area contributed by atoms with Gasteiger partial charge in [0.25, 0.3) is 0 Å². The Morgan fingerprint density at radius 1 is 0.266 bits per heavy atom. The molecule has 79 heavy (non-hydrogen) atoms. The number of esters is 3. The summed E-state index contributed by atoms with van der Waals surface area (Å²) < 4.78 is 16.9. The molecule has 0 aliphatic carbocycles. The second kappa shape index (κ2) is 66.6. The van der Waals surface area contributed by atoms with Gasteiger partial charge in [0.2, 0.25) is 0 Å². The minimum atomic E-state index is -0.788. The molecule has 6 nitrogen and oxygen atoms in total. The lowest BCUT2D eigenvalue weighted by atomic mass is 10.0. The van der Waals surface area contributed by atoms with Crippen molar-refractivity contribution in [2.75, 3.05) is 13.2 Å². The number of unbranched alkanes of at least 4 members (excludes halogenated alkanes) is 31. The van der Waals surface area contributed by atoms with E-state index in [1.54, 1.807) is 0 Å². The lowest BCUT2D eigenvalue weighted by molar-refractivity contribution is -0.167. The number of ether oxygens (including phenoxy) is 3. The van der Waals surface area contributed by atoms with Crippen molar-refractivity contribution in [1.29, 1.82) is 0 Å². The van der Waals surface area contributed by atoms with E-state index in [2.05, 4.69) is 130 Å². The summed E-state index contributed by atoms with van der Waals surface area (Å²) in [7, 11) is 0. The average Bonchev–Trinajstić information content (AvgIpc) is 3.45. The van der Waals surface area contributed by atoms with Crippen molar-refractivity contribution in [2.24, 2.45) is 0 Å². The third kappa shape index (κ3) is 64.8. The van der Waals surface area contributed by atoms with E-state index in [-0.39, 0.29) is 31.1 Å². The maximum absolute atomic E-state index is 12.9. The van der Waals surface area contributed by atoms with Gasteiger partial charge < -0.3 is 14.2 Å². The van der Waals surface area contributed by atoms with Gasteiger partial charge in [-0.15, -0.1) is 0 Å².